The second-order valence-electron chi connectivity index (χ2n) is 10.7. The van der Waals surface area contributed by atoms with Crippen molar-refractivity contribution in [3.63, 3.8) is 0 Å². The van der Waals surface area contributed by atoms with Crippen molar-refractivity contribution in [1.29, 1.82) is 0 Å². The van der Waals surface area contributed by atoms with Gasteiger partial charge in [-0.15, -0.1) is 16.4 Å². The van der Waals surface area contributed by atoms with Gasteiger partial charge in [0.25, 0.3) is 11.8 Å². The van der Waals surface area contributed by atoms with E-state index in [4.69, 9.17) is 11.6 Å². The number of thiophene rings is 1. The number of aromatic nitrogens is 4. The zero-order valence-electron chi connectivity index (χ0n) is 23.5. The molecule has 0 saturated carbocycles. The number of halogens is 1. The van der Waals surface area contributed by atoms with Crippen LogP contribution in [0.3, 0.4) is 0 Å². The van der Waals surface area contributed by atoms with Crippen LogP contribution in [0.2, 0.25) is 5.02 Å². The largest absolute Gasteiger partial charge is 0.335 e. The van der Waals surface area contributed by atoms with Gasteiger partial charge in [0.05, 0.1) is 38.0 Å². The minimum absolute atomic E-state index is 0.0227. The summed E-state index contributed by atoms with van der Waals surface area (Å²) < 4.78 is 1.81. The Hall–Kier alpha value is -4.12. The highest BCUT2D eigenvalue weighted by Gasteiger charge is 2.34. The lowest BCUT2D eigenvalue weighted by Gasteiger charge is -2.44. The Kier molecular flexibility index (Phi) is 7.76. The van der Waals surface area contributed by atoms with Crippen LogP contribution in [-0.2, 0) is 6.54 Å². The van der Waals surface area contributed by atoms with Gasteiger partial charge in [-0.05, 0) is 56.7 Å². The Balaban J connectivity index is 1.12. The third-order valence-corrected chi connectivity index (χ3v) is 9.12. The van der Waals surface area contributed by atoms with Gasteiger partial charge in [0.15, 0.2) is 0 Å². The maximum atomic E-state index is 13.6. The summed E-state index contributed by atoms with van der Waals surface area (Å²) in [6.07, 6.45) is 5.60. The van der Waals surface area contributed by atoms with E-state index in [-0.39, 0.29) is 23.9 Å². The first-order valence-electron chi connectivity index (χ1n) is 13.7. The quantitative estimate of drug-likeness (QED) is 0.264. The molecule has 2 aromatic carbocycles. The van der Waals surface area contributed by atoms with Gasteiger partial charge < -0.3 is 10.2 Å². The molecule has 11 heteroatoms. The van der Waals surface area contributed by atoms with E-state index in [2.05, 4.69) is 39.4 Å². The van der Waals surface area contributed by atoms with Gasteiger partial charge in [0.1, 0.15) is 0 Å². The summed E-state index contributed by atoms with van der Waals surface area (Å²) in [5.41, 5.74) is 3.06. The number of hydrogen-bond acceptors (Lipinski definition) is 7. The average molecular weight is 600 g/mol. The Bertz CT molecular complexity index is 1770. The van der Waals surface area contributed by atoms with Crippen molar-refractivity contribution in [2.75, 3.05) is 18.4 Å². The SMILES string of the molecule is Cc1cc(NC(=O)c2ccccc2Cl)sc1C(=O)N1C[C@@H](C)N(Cc2cn(-c3cccc4cnccc34)nn2)[C@@H](C)C1. The molecule has 1 aliphatic heterocycles. The smallest absolute Gasteiger partial charge is 0.264 e. The molecule has 0 spiro atoms. The van der Waals surface area contributed by atoms with Crippen LogP contribution < -0.4 is 5.32 Å². The molecule has 1 fully saturated rings. The summed E-state index contributed by atoms with van der Waals surface area (Å²) in [6.45, 7) is 7.97. The maximum Gasteiger partial charge on any atom is 0.264 e. The molecule has 1 aliphatic rings. The number of hydrogen-bond donors (Lipinski definition) is 1. The van der Waals surface area contributed by atoms with E-state index in [0.717, 1.165) is 27.7 Å². The summed E-state index contributed by atoms with van der Waals surface area (Å²) in [4.78, 5) is 35.5. The Morgan fingerprint density at radius 2 is 1.86 bits per heavy atom. The number of nitrogens with zero attached hydrogens (tertiary/aromatic N) is 6. The molecular formula is C31H30ClN7O2S. The van der Waals surface area contributed by atoms with Crippen molar-refractivity contribution in [1.82, 2.24) is 29.8 Å². The van der Waals surface area contributed by atoms with Crippen molar-refractivity contribution in [3.05, 3.63) is 99.9 Å². The maximum absolute atomic E-state index is 13.6. The minimum Gasteiger partial charge on any atom is -0.335 e. The second kappa shape index (κ2) is 11.6. The number of nitrogens with one attached hydrogen (secondary N) is 1. The molecule has 4 heterocycles. The van der Waals surface area contributed by atoms with E-state index < -0.39 is 0 Å². The first-order valence-corrected chi connectivity index (χ1v) is 14.9. The molecule has 0 bridgehead atoms. The summed E-state index contributed by atoms with van der Waals surface area (Å²) >= 11 is 7.47. The van der Waals surface area contributed by atoms with Crippen LogP contribution in [0.1, 0.15) is 45.1 Å². The van der Waals surface area contributed by atoms with E-state index in [9.17, 15) is 9.59 Å². The fourth-order valence-corrected chi connectivity index (χ4v) is 6.80. The molecule has 6 rings (SSSR count). The lowest BCUT2D eigenvalue weighted by molar-refractivity contribution is 0.0267. The number of amides is 2. The number of piperazine rings is 1. The molecule has 3 aromatic heterocycles. The Morgan fingerprint density at radius 3 is 2.64 bits per heavy atom. The number of pyridine rings is 1. The lowest BCUT2D eigenvalue weighted by Crippen LogP contribution is -2.57. The number of benzene rings is 2. The van der Waals surface area contributed by atoms with Crippen LogP contribution in [0.4, 0.5) is 5.00 Å². The molecule has 0 unspecified atom stereocenters. The van der Waals surface area contributed by atoms with Crippen LogP contribution in [0.15, 0.2) is 73.2 Å². The normalized spacial score (nSPS) is 17.5. The first kappa shape index (κ1) is 28.0. The molecule has 42 heavy (non-hydrogen) atoms. The zero-order valence-corrected chi connectivity index (χ0v) is 25.1. The van der Waals surface area contributed by atoms with Crippen LogP contribution in [0.25, 0.3) is 16.5 Å². The van der Waals surface area contributed by atoms with Crippen LogP contribution >= 0.6 is 22.9 Å². The molecule has 9 nitrogen and oxygen atoms in total. The van der Waals surface area contributed by atoms with Gasteiger partial charge in [0.2, 0.25) is 0 Å². The molecule has 1 saturated heterocycles. The van der Waals surface area contributed by atoms with Gasteiger partial charge in [0, 0.05) is 54.9 Å². The summed E-state index contributed by atoms with van der Waals surface area (Å²) in [7, 11) is 0. The molecule has 0 aliphatic carbocycles. The Labute approximate surface area is 252 Å². The predicted octanol–water partition coefficient (Wildman–Crippen LogP) is 5.83. The number of carbonyl (C=O) groups excluding carboxylic acids is 2. The van der Waals surface area contributed by atoms with Crippen molar-refractivity contribution in [2.24, 2.45) is 0 Å². The standard InChI is InChI=1S/C31H30ClN7O2S/c1-19-13-28(34-30(40)25-8-4-5-9-26(25)32)42-29(19)31(41)37-15-20(2)38(21(3)16-37)17-23-18-39(36-35-23)27-10-6-7-22-14-33-12-11-24(22)27/h4-14,18,20-21H,15-17H2,1-3H3,(H,34,40)/t20-,21+. The highest BCUT2D eigenvalue weighted by atomic mass is 35.5. The van der Waals surface area contributed by atoms with E-state index in [1.807, 2.05) is 59.2 Å². The lowest BCUT2D eigenvalue weighted by atomic mass is 10.1. The highest BCUT2D eigenvalue weighted by molar-refractivity contribution is 7.18. The number of carbonyl (C=O) groups is 2. The molecule has 5 aromatic rings. The number of rotatable bonds is 6. The van der Waals surface area contributed by atoms with Gasteiger partial charge in [-0.25, -0.2) is 4.68 Å². The highest BCUT2D eigenvalue weighted by Crippen LogP contribution is 2.30. The zero-order chi connectivity index (χ0) is 29.4. The van der Waals surface area contributed by atoms with Crippen LogP contribution in [0, 0.1) is 6.92 Å². The number of aryl methyl sites for hydroxylation is 1. The van der Waals surface area contributed by atoms with Gasteiger partial charge >= 0.3 is 0 Å². The van der Waals surface area contributed by atoms with Crippen LogP contribution in [0.5, 0.6) is 0 Å². The third-order valence-electron chi connectivity index (χ3n) is 7.65. The van der Waals surface area contributed by atoms with Gasteiger partial charge in [-0.1, -0.05) is 41.1 Å². The molecule has 2 amide bonds. The molecule has 0 radical (unpaired) electrons. The van der Waals surface area contributed by atoms with Crippen molar-refractivity contribution in [3.8, 4) is 5.69 Å². The number of anilines is 1. The minimum atomic E-state index is -0.300. The monoisotopic (exact) mass is 599 g/mol. The van der Waals surface area contributed by atoms with Crippen LogP contribution in [-0.4, -0.2) is 66.8 Å². The van der Waals surface area contributed by atoms with E-state index in [0.29, 0.717) is 40.1 Å². The van der Waals surface area contributed by atoms with E-state index in [1.54, 1.807) is 30.5 Å². The summed E-state index contributed by atoms with van der Waals surface area (Å²) in [5.74, 6) is -0.323. The molecular weight excluding hydrogens is 570 g/mol. The van der Waals surface area contributed by atoms with Gasteiger partial charge in [-0.2, -0.15) is 0 Å². The fraction of sp³-hybridized carbons (Fsp3) is 0.258. The van der Waals surface area contributed by atoms with Crippen molar-refractivity contribution >= 4 is 50.5 Å². The third kappa shape index (κ3) is 5.53. The number of fused-ring (bicyclic) bond motifs is 1. The Morgan fingerprint density at radius 1 is 1.07 bits per heavy atom. The molecule has 214 valence electrons. The summed E-state index contributed by atoms with van der Waals surface area (Å²) in [6, 6.07) is 17.0. The molecule has 2 atom stereocenters. The molecule has 1 N–H and O–H groups in total. The first-order chi connectivity index (χ1) is 20.3. The van der Waals surface area contributed by atoms with Gasteiger partial charge in [-0.3, -0.25) is 19.5 Å². The van der Waals surface area contributed by atoms with E-state index in [1.165, 1.54) is 11.3 Å². The fourth-order valence-electron chi connectivity index (χ4n) is 5.54. The van der Waals surface area contributed by atoms with E-state index >= 15 is 0 Å². The predicted molar refractivity (Wildman–Crippen MR) is 165 cm³/mol. The topological polar surface area (TPSA) is 96.2 Å². The second-order valence-corrected chi connectivity index (χ2v) is 12.1. The van der Waals surface area contributed by atoms with Crippen molar-refractivity contribution in [2.45, 2.75) is 39.4 Å². The summed E-state index contributed by atoms with van der Waals surface area (Å²) in [5, 5.41) is 14.9. The average Bonchev–Trinajstić information content (AvgIpc) is 3.60. The van der Waals surface area contributed by atoms with Crippen molar-refractivity contribution < 1.29 is 9.59 Å².